The first-order valence-electron chi connectivity index (χ1n) is 8.39. The van der Waals surface area contributed by atoms with Gasteiger partial charge < -0.3 is 14.6 Å². The molecule has 126 valence electrons. The van der Waals surface area contributed by atoms with Crippen LogP contribution in [0.15, 0.2) is 41.9 Å². The quantitative estimate of drug-likeness (QED) is 0.875. The number of hydrogen-bond donors (Lipinski definition) is 1. The van der Waals surface area contributed by atoms with E-state index >= 15 is 0 Å². The second-order valence-electron chi connectivity index (χ2n) is 7.27. The number of aromatic nitrogens is 1. The summed E-state index contributed by atoms with van der Waals surface area (Å²) >= 11 is 0. The standard InChI is InChI=1S/C19H25BN2O2/c1-18(2)19(3,4)24-20(23-18)15(13-21-5)12-16-11-10-14-8-6-7-9-17(14)22-16/h6-12,21H,13H2,1-5H3. The highest BCUT2D eigenvalue weighted by molar-refractivity contribution is 6.55. The van der Waals surface area contributed by atoms with E-state index in [0.29, 0.717) is 6.54 Å². The van der Waals surface area contributed by atoms with Crippen molar-refractivity contribution in [3.05, 3.63) is 47.6 Å². The second-order valence-corrected chi connectivity index (χ2v) is 7.27. The molecule has 3 rings (SSSR count). The van der Waals surface area contributed by atoms with Crippen molar-refractivity contribution in [3.8, 4) is 0 Å². The van der Waals surface area contributed by atoms with E-state index in [-0.39, 0.29) is 18.3 Å². The molecular formula is C19H25BN2O2. The Hall–Kier alpha value is -1.69. The Kier molecular flexibility index (Phi) is 4.51. The van der Waals surface area contributed by atoms with E-state index in [9.17, 15) is 0 Å². The van der Waals surface area contributed by atoms with Gasteiger partial charge >= 0.3 is 7.12 Å². The van der Waals surface area contributed by atoms with Gasteiger partial charge in [0.15, 0.2) is 0 Å². The third kappa shape index (κ3) is 3.25. The maximum Gasteiger partial charge on any atom is 0.491 e. The molecule has 5 heteroatoms. The fraction of sp³-hybridized carbons (Fsp3) is 0.421. The number of para-hydroxylation sites is 1. The van der Waals surface area contributed by atoms with Gasteiger partial charge in [-0.15, -0.1) is 0 Å². The van der Waals surface area contributed by atoms with Gasteiger partial charge in [0.25, 0.3) is 0 Å². The summed E-state index contributed by atoms with van der Waals surface area (Å²) in [5.41, 5.74) is 2.25. The zero-order valence-electron chi connectivity index (χ0n) is 15.1. The van der Waals surface area contributed by atoms with E-state index in [1.807, 2.05) is 31.3 Å². The van der Waals surface area contributed by atoms with Gasteiger partial charge in [-0.1, -0.05) is 24.3 Å². The molecule has 0 aliphatic carbocycles. The predicted molar refractivity (Wildman–Crippen MR) is 99.7 cm³/mol. The van der Waals surface area contributed by atoms with E-state index in [0.717, 1.165) is 22.1 Å². The molecule has 24 heavy (non-hydrogen) atoms. The van der Waals surface area contributed by atoms with E-state index in [4.69, 9.17) is 14.3 Å². The van der Waals surface area contributed by atoms with Gasteiger partial charge in [0.1, 0.15) is 0 Å². The zero-order valence-corrected chi connectivity index (χ0v) is 15.1. The van der Waals surface area contributed by atoms with Crippen LogP contribution in [0.2, 0.25) is 0 Å². The summed E-state index contributed by atoms with van der Waals surface area (Å²) in [5.74, 6) is 0. The topological polar surface area (TPSA) is 43.4 Å². The fourth-order valence-electron chi connectivity index (χ4n) is 2.75. The molecule has 2 heterocycles. The molecule has 0 spiro atoms. The number of fused-ring (bicyclic) bond motifs is 1. The van der Waals surface area contributed by atoms with Crippen LogP contribution in [0, 0.1) is 0 Å². The lowest BCUT2D eigenvalue weighted by Crippen LogP contribution is -2.41. The van der Waals surface area contributed by atoms with Crippen LogP contribution in [-0.2, 0) is 9.31 Å². The molecule has 4 nitrogen and oxygen atoms in total. The van der Waals surface area contributed by atoms with Crippen LogP contribution in [0.5, 0.6) is 0 Å². The van der Waals surface area contributed by atoms with Crippen molar-refractivity contribution in [1.29, 1.82) is 0 Å². The Morgan fingerprint density at radius 3 is 2.42 bits per heavy atom. The molecule has 1 fully saturated rings. The maximum absolute atomic E-state index is 6.18. The molecule has 1 N–H and O–H groups in total. The first-order valence-corrected chi connectivity index (χ1v) is 8.39. The summed E-state index contributed by atoms with van der Waals surface area (Å²) in [7, 11) is 1.56. The number of nitrogens with one attached hydrogen (secondary N) is 1. The highest BCUT2D eigenvalue weighted by Crippen LogP contribution is 2.38. The smallest absolute Gasteiger partial charge is 0.400 e. The van der Waals surface area contributed by atoms with Gasteiger partial charge in [-0.3, -0.25) is 0 Å². The first kappa shape index (κ1) is 17.1. The summed E-state index contributed by atoms with van der Waals surface area (Å²) in [6.07, 6.45) is 2.06. The van der Waals surface area contributed by atoms with Gasteiger partial charge in [-0.05, 0) is 58.4 Å². The predicted octanol–water partition coefficient (Wildman–Crippen LogP) is 3.47. The minimum Gasteiger partial charge on any atom is -0.400 e. The van der Waals surface area contributed by atoms with Gasteiger partial charge in [-0.2, -0.15) is 0 Å². The third-order valence-corrected chi connectivity index (χ3v) is 4.89. The summed E-state index contributed by atoms with van der Waals surface area (Å²) in [6, 6.07) is 12.2. The summed E-state index contributed by atoms with van der Waals surface area (Å²) in [6.45, 7) is 8.96. The Bertz CT molecular complexity index is 755. The molecule has 2 aromatic rings. The van der Waals surface area contributed by atoms with Gasteiger partial charge in [0.2, 0.25) is 0 Å². The van der Waals surface area contributed by atoms with Crippen LogP contribution in [0.25, 0.3) is 17.0 Å². The van der Waals surface area contributed by atoms with Crippen molar-refractivity contribution in [3.63, 3.8) is 0 Å². The van der Waals surface area contributed by atoms with Crippen LogP contribution < -0.4 is 5.32 Å². The van der Waals surface area contributed by atoms with Gasteiger partial charge in [0.05, 0.1) is 22.4 Å². The number of likely N-dealkylation sites (N-methyl/N-ethyl adjacent to an activating group) is 1. The molecule has 1 aromatic heterocycles. The first-order chi connectivity index (χ1) is 11.3. The molecule has 1 aromatic carbocycles. The third-order valence-electron chi connectivity index (χ3n) is 4.89. The Balaban J connectivity index is 1.93. The molecule has 0 bridgehead atoms. The molecule has 1 saturated heterocycles. The average Bonchev–Trinajstić information content (AvgIpc) is 2.75. The Morgan fingerprint density at radius 2 is 1.75 bits per heavy atom. The average molecular weight is 324 g/mol. The summed E-state index contributed by atoms with van der Waals surface area (Å²) in [4.78, 5) is 4.73. The van der Waals surface area contributed by atoms with Crippen LogP contribution in [0.3, 0.4) is 0 Å². The molecule has 0 amide bonds. The minimum absolute atomic E-state index is 0.346. The van der Waals surface area contributed by atoms with Crippen molar-refractivity contribution >= 4 is 24.1 Å². The summed E-state index contributed by atoms with van der Waals surface area (Å²) in [5, 5.41) is 4.34. The van der Waals surface area contributed by atoms with Gasteiger partial charge in [0, 0.05) is 11.9 Å². The SMILES string of the molecule is CNCC(=Cc1ccc2ccccc2n1)B1OC(C)(C)C(C)(C)O1. The molecule has 1 aliphatic heterocycles. The maximum atomic E-state index is 6.18. The molecular weight excluding hydrogens is 299 g/mol. The molecule has 0 radical (unpaired) electrons. The second kappa shape index (κ2) is 6.32. The van der Waals surface area contributed by atoms with E-state index in [1.165, 1.54) is 0 Å². The monoisotopic (exact) mass is 324 g/mol. The van der Waals surface area contributed by atoms with Crippen molar-refractivity contribution in [2.75, 3.05) is 13.6 Å². The Morgan fingerprint density at radius 1 is 1.08 bits per heavy atom. The van der Waals surface area contributed by atoms with Crippen LogP contribution in [0.4, 0.5) is 0 Å². The van der Waals surface area contributed by atoms with Gasteiger partial charge in [-0.25, -0.2) is 4.98 Å². The lowest BCUT2D eigenvalue weighted by molar-refractivity contribution is 0.00578. The van der Waals surface area contributed by atoms with Crippen molar-refractivity contribution in [2.45, 2.75) is 38.9 Å². The fourth-order valence-corrected chi connectivity index (χ4v) is 2.75. The van der Waals surface area contributed by atoms with E-state index < -0.39 is 0 Å². The van der Waals surface area contributed by atoms with E-state index in [2.05, 4.69) is 51.2 Å². The lowest BCUT2D eigenvalue weighted by Gasteiger charge is -2.32. The molecule has 0 atom stereocenters. The Labute approximate surface area is 144 Å². The van der Waals surface area contributed by atoms with Crippen LogP contribution >= 0.6 is 0 Å². The van der Waals surface area contributed by atoms with E-state index in [1.54, 1.807) is 0 Å². The number of pyridine rings is 1. The van der Waals surface area contributed by atoms with Crippen molar-refractivity contribution in [1.82, 2.24) is 10.3 Å². The van der Waals surface area contributed by atoms with Crippen LogP contribution in [-0.4, -0.2) is 36.9 Å². The van der Waals surface area contributed by atoms with Crippen molar-refractivity contribution in [2.24, 2.45) is 0 Å². The largest absolute Gasteiger partial charge is 0.491 e. The number of hydrogen-bond acceptors (Lipinski definition) is 4. The molecule has 0 unspecified atom stereocenters. The highest BCUT2D eigenvalue weighted by Gasteiger charge is 2.52. The number of rotatable bonds is 4. The highest BCUT2D eigenvalue weighted by atomic mass is 16.7. The number of nitrogens with zero attached hydrogens (tertiary/aromatic N) is 1. The lowest BCUT2D eigenvalue weighted by atomic mass is 9.77. The minimum atomic E-state index is -0.365. The zero-order chi connectivity index (χ0) is 17.4. The normalized spacial score (nSPS) is 19.9. The number of benzene rings is 1. The molecule has 1 aliphatic rings. The summed E-state index contributed by atoms with van der Waals surface area (Å²) < 4.78 is 12.4. The van der Waals surface area contributed by atoms with Crippen LogP contribution in [0.1, 0.15) is 33.4 Å². The molecule has 0 saturated carbocycles. The van der Waals surface area contributed by atoms with Crippen molar-refractivity contribution < 1.29 is 9.31 Å².